The van der Waals surface area contributed by atoms with E-state index in [1.807, 2.05) is 13.0 Å². The second-order valence-electron chi connectivity index (χ2n) is 4.83. The number of anilines is 1. The first-order valence-corrected chi connectivity index (χ1v) is 8.00. The summed E-state index contributed by atoms with van der Waals surface area (Å²) in [4.78, 5) is 8.33. The summed E-state index contributed by atoms with van der Waals surface area (Å²) in [5, 5.41) is 7.46. The van der Waals surface area contributed by atoms with Gasteiger partial charge in [-0.2, -0.15) is 14.6 Å². The van der Waals surface area contributed by atoms with E-state index in [1.165, 1.54) is 6.33 Å². The van der Waals surface area contributed by atoms with E-state index >= 15 is 0 Å². The molecule has 1 fully saturated rings. The van der Waals surface area contributed by atoms with Crippen molar-refractivity contribution in [2.75, 3.05) is 16.8 Å². The van der Waals surface area contributed by atoms with Gasteiger partial charge in [0.25, 0.3) is 5.78 Å². The van der Waals surface area contributed by atoms with E-state index in [-0.39, 0.29) is 17.5 Å². The third kappa shape index (κ3) is 2.53. The van der Waals surface area contributed by atoms with E-state index < -0.39 is 9.84 Å². The average Bonchev–Trinajstić information content (AvgIpc) is 2.80. The Morgan fingerprint density at radius 2 is 2.11 bits per heavy atom. The number of sulfone groups is 1. The van der Waals surface area contributed by atoms with Gasteiger partial charge in [0.2, 0.25) is 0 Å². The van der Waals surface area contributed by atoms with Gasteiger partial charge in [0.1, 0.15) is 22.0 Å². The lowest BCUT2D eigenvalue weighted by Crippen LogP contribution is -2.32. The largest absolute Gasteiger partial charge is 0.367 e. The van der Waals surface area contributed by atoms with Gasteiger partial charge in [-0.15, -0.1) is 0 Å². The molecule has 0 aliphatic carbocycles. The maximum Gasteiger partial charge on any atom is 0.254 e. The molecule has 8 heteroatoms. The minimum Gasteiger partial charge on any atom is -0.367 e. The Balaban J connectivity index is 1.84. The Morgan fingerprint density at radius 3 is 2.84 bits per heavy atom. The van der Waals surface area contributed by atoms with Crippen molar-refractivity contribution in [3.8, 4) is 0 Å². The van der Waals surface area contributed by atoms with Crippen molar-refractivity contribution in [3.63, 3.8) is 0 Å². The molecule has 0 bridgehead atoms. The molecule has 0 unspecified atom stereocenters. The molecule has 19 heavy (non-hydrogen) atoms. The summed E-state index contributed by atoms with van der Waals surface area (Å²) in [6.45, 7) is 1.89. The van der Waals surface area contributed by atoms with E-state index in [0.717, 1.165) is 11.5 Å². The molecule has 1 aliphatic heterocycles. The van der Waals surface area contributed by atoms with Gasteiger partial charge < -0.3 is 5.32 Å². The average molecular weight is 281 g/mol. The van der Waals surface area contributed by atoms with Crippen molar-refractivity contribution in [2.24, 2.45) is 0 Å². The van der Waals surface area contributed by atoms with Crippen LogP contribution in [0.25, 0.3) is 5.78 Å². The molecule has 2 aromatic rings. The molecule has 7 nitrogen and oxygen atoms in total. The molecule has 0 aromatic carbocycles. The highest BCUT2D eigenvalue weighted by atomic mass is 32.2. The van der Waals surface area contributed by atoms with Gasteiger partial charge in [0, 0.05) is 17.8 Å². The fourth-order valence-electron chi connectivity index (χ4n) is 2.28. The Bertz CT molecular complexity index is 695. The second-order valence-corrected chi connectivity index (χ2v) is 7.13. The summed E-state index contributed by atoms with van der Waals surface area (Å²) >= 11 is 0. The smallest absolute Gasteiger partial charge is 0.254 e. The van der Waals surface area contributed by atoms with Crippen LogP contribution in [0.3, 0.4) is 0 Å². The van der Waals surface area contributed by atoms with Crippen molar-refractivity contribution >= 4 is 21.4 Å². The summed E-state index contributed by atoms with van der Waals surface area (Å²) in [6.07, 6.45) is 2.71. The number of aryl methyl sites for hydroxylation is 1. The summed E-state index contributed by atoms with van der Waals surface area (Å²) in [7, 11) is -2.83. The number of hydrogen-bond donors (Lipinski definition) is 1. The van der Waals surface area contributed by atoms with Crippen LogP contribution in [0.15, 0.2) is 12.4 Å². The molecular weight excluding hydrogens is 266 g/mol. The number of nitrogens with zero attached hydrogens (tertiary/aromatic N) is 4. The van der Waals surface area contributed by atoms with Crippen molar-refractivity contribution in [1.29, 1.82) is 0 Å². The van der Waals surface area contributed by atoms with Crippen molar-refractivity contribution in [2.45, 2.75) is 25.8 Å². The first kappa shape index (κ1) is 12.3. The van der Waals surface area contributed by atoms with E-state index in [0.29, 0.717) is 18.6 Å². The molecular formula is C11H15N5O2S. The molecule has 0 saturated carbocycles. The van der Waals surface area contributed by atoms with Gasteiger partial charge >= 0.3 is 0 Å². The Labute approximate surface area is 111 Å². The number of fused-ring (bicyclic) bond motifs is 1. The van der Waals surface area contributed by atoms with Crippen molar-refractivity contribution in [3.05, 3.63) is 18.1 Å². The zero-order valence-corrected chi connectivity index (χ0v) is 11.4. The highest BCUT2D eigenvalue weighted by molar-refractivity contribution is 7.91. The summed E-state index contributed by atoms with van der Waals surface area (Å²) in [6, 6.07) is 2.04. The highest BCUT2D eigenvalue weighted by Crippen LogP contribution is 2.18. The molecule has 1 N–H and O–H groups in total. The van der Waals surface area contributed by atoms with Crippen LogP contribution in [-0.4, -0.2) is 45.5 Å². The van der Waals surface area contributed by atoms with Crippen LogP contribution in [0.4, 0.5) is 5.82 Å². The van der Waals surface area contributed by atoms with Crippen LogP contribution in [-0.2, 0) is 9.84 Å². The topological polar surface area (TPSA) is 89.2 Å². The van der Waals surface area contributed by atoms with Crippen LogP contribution in [0, 0.1) is 6.92 Å². The first-order chi connectivity index (χ1) is 9.03. The maximum atomic E-state index is 11.4. The molecule has 0 amide bonds. The van der Waals surface area contributed by atoms with Gasteiger partial charge in [-0.1, -0.05) is 0 Å². The summed E-state index contributed by atoms with van der Waals surface area (Å²) in [5.74, 6) is 1.85. The van der Waals surface area contributed by atoms with Crippen LogP contribution < -0.4 is 5.32 Å². The Kier molecular flexibility index (Phi) is 2.89. The molecule has 3 rings (SSSR count). The molecule has 1 aliphatic rings. The third-order valence-corrected chi connectivity index (χ3v) is 5.00. The lowest BCUT2D eigenvalue weighted by Gasteiger charge is -2.24. The van der Waals surface area contributed by atoms with Crippen LogP contribution >= 0.6 is 0 Å². The molecule has 0 atom stereocenters. The lowest BCUT2D eigenvalue weighted by atomic mass is 10.1. The quantitative estimate of drug-likeness (QED) is 0.858. The molecule has 0 spiro atoms. The first-order valence-electron chi connectivity index (χ1n) is 6.18. The summed E-state index contributed by atoms with van der Waals surface area (Å²) < 4.78 is 24.5. The van der Waals surface area contributed by atoms with Crippen LogP contribution in [0.1, 0.15) is 18.5 Å². The van der Waals surface area contributed by atoms with E-state index in [2.05, 4.69) is 20.4 Å². The predicted octanol–water partition coefficient (Wildman–Crippen LogP) is 0.422. The predicted molar refractivity (Wildman–Crippen MR) is 70.8 cm³/mol. The molecule has 102 valence electrons. The minimum absolute atomic E-state index is 0.151. The maximum absolute atomic E-state index is 11.4. The number of rotatable bonds is 2. The van der Waals surface area contributed by atoms with E-state index in [1.54, 1.807) is 4.52 Å². The van der Waals surface area contributed by atoms with Crippen molar-refractivity contribution in [1.82, 2.24) is 19.6 Å². The van der Waals surface area contributed by atoms with Gasteiger partial charge in [0.15, 0.2) is 0 Å². The SMILES string of the molecule is Cc1cc(NC2CCS(=O)(=O)CC2)n2ncnc2n1. The highest BCUT2D eigenvalue weighted by Gasteiger charge is 2.24. The molecule has 3 heterocycles. The van der Waals surface area contributed by atoms with Crippen LogP contribution in [0.5, 0.6) is 0 Å². The fraction of sp³-hybridized carbons (Fsp3) is 0.545. The van der Waals surface area contributed by atoms with E-state index in [9.17, 15) is 8.42 Å². The number of hydrogen-bond acceptors (Lipinski definition) is 6. The van der Waals surface area contributed by atoms with Gasteiger partial charge in [-0.25, -0.2) is 13.4 Å². The monoisotopic (exact) mass is 281 g/mol. The Hall–Kier alpha value is -1.70. The zero-order chi connectivity index (χ0) is 13.5. The van der Waals surface area contributed by atoms with E-state index in [4.69, 9.17) is 0 Å². The molecule has 0 radical (unpaired) electrons. The fourth-order valence-corrected chi connectivity index (χ4v) is 3.77. The lowest BCUT2D eigenvalue weighted by molar-refractivity contribution is 0.558. The minimum atomic E-state index is -2.83. The second kappa shape index (κ2) is 4.44. The zero-order valence-electron chi connectivity index (χ0n) is 10.6. The number of nitrogens with one attached hydrogen (secondary N) is 1. The van der Waals surface area contributed by atoms with Gasteiger partial charge in [-0.3, -0.25) is 0 Å². The molecule has 2 aromatic heterocycles. The number of aromatic nitrogens is 4. The van der Waals surface area contributed by atoms with Crippen LogP contribution in [0.2, 0.25) is 0 Å². The third-order valence-electron chi connectivity index (χ3n) is 3.29. The Morgan fingerprint density at radius 1 is 1.37 bits per heavy atom. The van der Waals surface area contributed by atoms with Crippen molar-refractivity contribution < 1.29 is 8.42 Å². The molecule has 1 saturated heterocycles. The van der Waals surface area contributed by atoms with Gasteiger partial charge in [-0.05, 0) is 19.8 Å². The normalized spacial score (nSPS) is 19.6. The summed E-state index contributed by atoms with van der Waals surface area (Å²) in [5.41, 5.74) is 0.853. The standard InChI is InChI=1S/C11H15N5O2S/c1-8-6-10(16-11(14-8)12-7-13-16)15-9-2-4-19(17,18)5-3-9/h6-7,9,15H,2-5H2,1H3. The van der Waals surface area contributed by atoms with Gasteiger partial charge in [0.05, 0.1) is 11.5 Å².